The summed E-state index contributed by atoms with van der Waals surface area (Å²) in [4.78, 5) is 12.9. The average Bonchev–Trinajstić information content (AvgIpc) is 2.24. The molecular formula is C13H22N3O+. The molecule has 0 radical (unpaired) electrons. The van der Waals surface area contributed by atoms with Crippen LogP contribution in [0.1, 0.15) is 12.0 Å². The Kier molecular flexibility index (Phi) is 5.49. The van der Waals surface area contributed by atoms with Crippen molar-refractivity contribution in [1.29, 1.82) is 0 Å². The van der Waals surface area contributed by atoms with E-state index in [0.717, 1.165) is 24.2 Å². The molecule has 0 bridgehead atoms. The van der Waals surface area contributed by atoms with E-state index in [1.54, 1.807) is 0 Å². The molecule has 0 fully saturated rings. The van der Waals surface area contributed by atoms with Crippen LogP contribution in [0.2, 0.25) is 0 Å². The van der Waals surface area contributed by atoms with Crippen molar-refractivity contribution >= 4 is 11.7 Å². The van der Waals surface area contributed by atoms with Crippen LogP contribution in [0.5, 0.6) is 0 Å². The van der Waals surface area contributed by atoms with Crippen LogP contribution in [0.3, 0.4) is 0 Å². The number of quaternary nitrogens is 1. The van der Waals surface area contributed by atoms with E-state index in [0.29, 0.717) is 6.54 Å². The predicted octanol–water partition coefficient (Wildman–Crippen LogP) is 0.651. The van der Waals surface area contributed by atoms with Crippen molar-refractivity contribution in [2.24, 2.45) is 0 Å². The fraction of sp³-hybridized carbons (Fsp3) is 0.462. The minimum absolute atomic E-state index is 0.135. The van der Waals surface area contributed by atoms with Gasteiger partial charge in [-0.2, -0.15) is 0 Å². The van der Waals surface area contributed by atoms with E-state index in [4.69, 9.17) is 0 Å². The third kappa shape index (κ3) is 5.92. The largest absolute Gasteiger partial charge is 0.340 e. The minimum Gasteiger partial charge on any atom is -0.340 e. The zero-order valence-electron chi connectivity index (χ0n) is 10.8. The fourth-order valence-electron chi connectivity index (χ4n) is 1.54. The van der Waals surface area contributed by atoms with Crippen molar-refractivity contribution in [2.75, 3.05) is 32.5 Å². The number of aryl methyl sites for hydroxylation is 1. The van der Waals surface area contributed by atoms with Crippen molar-refractivity contribution in [3.05, 3.63) is 29.8 Å². The van der Waals surface area contributed by atoms with E-state index < -0.39 is 0 Å². The number of nitrogens with one attached hydrogen (secondary N) is 3. The molecule has 2 amide bonds. The van der Waals surface area contributed by atoms with E-state index in [2.05, 4.69) is 24.7 Å². The molecule has 0 saturated carbocycles. The first-order valence-corrected chi connectivity index (χ1v) is 5.98. The number of hydrogen-bond acceptors (Lipinski definition) is 1. The van der Waals surface area contributed by atoms with Gasteiger partial charge in [0.25, 0.3) is 0 Å². The van der Waals surface area contributed by atoms with Crippen LogP contribution in [-0.2, 0) is 0 Å². The Morgan fingerprint density at radius 3 is 2.76 bits per heavy atom. The fourth-order valence-corrected chi connectivity index (χ4v) is 1.54. The van der Waals surface area contributed by atoms with Crippen LogP contribution in [0.25, 0.3) is 0 Å². The Morgan fingerprint density at radius 2 is 2.12 bits per heavy atom. The molecule has 0 aromatic heterocycles. The monoisotopic (exact) mass is 236 g/mol. The maximum atomic E-state index is 11.5. The second-order valence-corrected chi connectivity index (χ2v) is 4.56. The topological polar surface area (TPSA) is 45.6 Å². The van der Waals surface area contributed by atoms with Gasteiger partial charge in [0, 0.05) is 18.7 Å². The van der Waals surface area contributed by atoms with Crippen molar-refractivity contribution in [3.63, 3.8) is 0 Å². The highest BCUT2D eigenvalue weighted by atomic mass is 16.2. The highest BCUT2D eigenvalue weighted by Gasteiger charge is 2.01. The second kappa shape index (κ2) is 6.91. The summed E-state index contributed by atoms with van der Waals surface area (Å²) < 4.78 is 0. The third-order valence-electron chi connectivity index (χ3n) is 2.42. The second-order valence-electron chi connectivity index (χ2n) is 4.56. The van der Waals surface area contributed by atoms with E-state index in [-0.39, 0.29) is 6.03 Å². The van der Waals surface area contributed by atoms with Gasteiger partial charge in [-0.05, 0) is 24.6 Å². The first-order valence-electron chi connectivity index (χ1n) is 5.98. The molecule has 0 aliphatic heterocycles. The molecule has 0 aliphatic rings. The molecule has 94 valence electrons. The van der Waals surface area contributed by atoms with Crippen LogP contribution in [-0.4, -0.2) is 33.2 Å². The van der Waals surface area contributed by atoms with Gasteiger partial charge < -0.3 is 15.5 Å². The average molecular weight is 236 g/mol. The molecule has 17 heavy (non-hydrogen) atoms. The van der Waals surface area contributed by atoms with Crippen LogP contribution in [0.4, 0.5) is 10.5 Å². The number of urea groups is 1. The molecule has 4 nitrogen and oxygen atoms in total. The van der Waals surface area contributed by atoms with E-state index in [1.165, 1.54) is 4.90 Å². The lowest BCUT2D eigenvalue weighted by Gasteiger charge is -2.09. The van der Waals surface area contributed by atoms with Crippen molar-refractivity contribution in [3.8, 4) is 0 Å². The summed E-state index contributed by atoms with van der Waals surface area (Å²) in [7, 11) is 4.21. The van der Waals surface area contributed by atoms with Crippen LogP contribution >= 0.6 is 0 Å². The number of carbonyl (C=O) groups excluding carboxylic acids is 1. The van der Waals surface area contributed by atoms with Crippen LogP contribution < -0.4 is 15.5 Å². The van der Waals surface area contributed by atoms with Gasteiger partial charge in [0.1, 0.15) is 0 Å². The molecule has 1 aromatic rings. The summed E-state index contributed by atoms with van der Waals surface area (Å²) in [6.07, 6.45) is 0.990. The predicted molar refractivity (Wildman–Crippen MR) is 70.5 cm³/mol. The van der Waals surface area contributed by atoms with Crippen LogP contribution in [0, 0.1) is 6.92 Å². The quantitative estimate of drug-likeness (QED) is 0.646. The first-order chi connectivity index (χ1) is 8.08. The Hall–Kier alpha value is -1.55. The molecule has 0 spiro atoms. The molecule has 0 unspecified atom stereocenters. The molecule has 3 N–H and O–H groups in total. The van der Waals surface area contributed by atoms with Gasteiger partial charge in [-0.15, -0.1) is 0 Å². The molecule has 1 rings (SSSR count). The lowest BCUT2D eigenvalue weighted by Crippen LogP contribution is -3.05. The van der Waals surface area contributed by atoms with E-state index >= 15 is 0 Å². The normalized spacial score (nSPS) is 10.4. The van der Waals surface area contributed by atoms with Gasteiger partial charge in [0.05, 0.1) is 20.6 Å². The molecule has 0 heterocycles. The Morgan fingerprint density at radius 1 is 1.35 bits per heavy atom. The number of carbonyl (C=O) groups is 1. The van der Waals surface area contributed by atoms with Crippen molar-refractivity contribution in [2.45, 2.75) is 13.3 Å². The maximum absolute atomic E-state index is 11.5. The SMILES string of the molecule is Cc1cccc(NC(=O)NCCC[NH+](C)C)c1. The standard InChI is InChI=1S/C13H21N3O/c1-11-6-4-7-12(10-11)15-13(17)14-8-5-9-16(2)3/h4,6-7,10H,5,8-9H2,1-3H3,(H2,14,15,17)/p+1. The smallest absolute Gasteiger partial charge is 0.319 e. The number of hydrogen-bond donors (Lipinski definition) is 3. The van der Waals surface area contributed by atoms with Crippen molar-refractivity contribution < 1.29 is 9.69 Å². The molecule has 0 atom stereocenters. The summed E-state index contributed by atoms with van der Waals surface area (Å²) in [5.74, 6) is 0. The Balaban J connectivity index is 2.25. The van der Waals surface area contributed by atoms with Crippen molar-refractivity contribution in [1.82, 2.24) is 5.32 Å². The summed E-state index contributed by atoms with van der Waals surface area (Å²) in [5.41, 5.74) is 1.97. The van der Waals surface area contributed by atoms with E-state index in [9.17, 15) is 4.79 Å². The molecule has 0 aliphatic carbocycles. The molecule has 0 saturated heterocycles. The van der Waals surface area contributed by atoms with Gasteiger partial charge in [0.15, 0.2) is 0 Å². The number of benzene rings is 1. The maximum Gasteiger partial charge on any atom is 0.319 e. The number of anilines is 1. The summed E-state index contributed by atoms with van der Waals surface area (Å²) >= 11 is 0. The van der Waals surface area contributed by atoms with Gasteiger partial charge >= 0.3 is 6.03 Å². The molecular weight excluding hydrogens is 214 g/mol. The first kappa shape index (κ1) is 13.5. The zero-order valence-corrected chi connectivity index (χ0v) is 10.8. The highest BCUT2D eigenvalue weighted by Crippen LogP contribution is 2.08. The molecule has 4 heteroatoms. The summed E-state index contributed by atoms with van der Waals surface area (Å²) in [6, 6.07) is 7.63. The zero-order chi connectivity index (χ0) is 12.7. The summed E-state index contributed by atoms with van der Waals surface area (Å²) in [6.45, 7) is 3.77. The minimum atomic E-state index is -0.135. The van der Waals surface area contributed by atoms with Crippen LogP contribution in [0.15, 0.2) is 24.3 Å². The van der Waals surface area contributed by atoms with E-state index in [1.807, 2.05) is 31.2 Å². The van der Waals surface area contributed by atoms with Gasteiger partial charge in [-0.1, -0.05) is 12.1 Å². The van der Waals surface area contributed by atoms with Gasteiger partial charge in [0.2, 0.25) is 0 Å². The Bertz CT molecular complexity index is 363. The summed E-state index contributed by atoms with van der Waals surface area (Å²) in [5, 5.41) is 5.66. The number of amides is 2. The molecule has 1 aromatic carbocycles. The van der Waals surface area contributed by atoms with Gasteiger partial charge in [-0.3, -0.25) is 0 Å². The highest BCUT2D eigenvalue weighted by molar-refractivity contribution is 5.89. The number of rotatable bonds is 5. The Labute approximate surface area is 103 Å². The lowest BCUT2D eigenvalue weighted by molar-refractivity contribution is -0.858. The third-order valence-corrected chi connectivity index (χ3v) is 2.42. The van der Waals surface area contributed by atoms with Gasteiger partial charge in [-0.25, -0.2) is 4.79 Å². The lowest BCUT2D eigenvalue weighted by atomic mass is 10.2.